The van der Waals surface area contributed by atoms with Gasteiger partial charge in [0.2, 0.25) is 11.8 Å². The number of aliphatic hydroxyl groups is 1. The third-order valence-electron chi connectivity index (χ3n) is 15.0. The van der Waals surface area contributed by atoms with Crippen LogP contribution >= 0.6 is 11.3 Å². The molecule has 8 heterocycles. The van der Waals surface area contributed by atoms with Crippen LogP contribution in [-0.2, 0) is 19.9 Å². The first-order valence-electron chi connectivity index (χ1n) is 23.9. The second kappa shape index (κ2) is 17.4. The number of hydrogen-bond acceptors (Lipinski definition) is 14. The number of nitrogens with zero attached hydrogens (tertiary/aromatic N) is 7. The Morgan fingerprint density at radius 3 is 2.54 bits per heavy atom. The van der Waals surface area contributed by atoms with Crippen LogP contribution in [0.1, 0.15) is 126 Å². The van der Waals surface area contributed by atoms with E-state index in [1.807, 2.05) is 30.5 Å². The Morgan fingerprint density at radius 2 is 1.79 bits per heavy atom. The Kier molecular flexibility index (Phi) is 11.3. The van der Waals surface area contributed by atoms with Gasteiger partial charge in [0.1, 0.15) is 17.4 Å². The zero-order valence-electron chi connectivity index (χ0n) is 37.8. The van der Waals surface area contributed by atoms with Gasteiger partial charge in [-0.25, -0.2) is 14.5 Å². The third-order valence-corrected chi connectivity index (χ3v) is 16.2. The lowest BCUT2D eigenvalue weighted by molar-refractivity contribution is -0.136. The van der Waals surface area contributed by atoms with Crippen molar-refractivity contribution in [2.75, 3.05) is 54.9 Å². The van der Waals surface area contributed by atoms with E-state index in [0.29, 0.717) is 70.7 Å². The number of anilines is 3. The molecule has 3 aromatic heterocycles. The summed E-state index contributed by atoms with van der Waals surface area (Å²) < 4.78 is 8.37. The van der Waals surface area contributed by atoms with Crippen LogP contribution in [0.5, 0.6) is 0 Å². The summed E-state index contributed by atoms with van der Waals surface area (Å²) in [5.41, 5.74) is 2.76. The van der Waals surface area contributed by atoms with Crippen molar-refractivity contribution < 1.29 is 33.8 Å². The quantitative estimate of drug-likeness (QED) is 0.111. The van der Waals surface area contributed by atoms with E-state index in [0.717, 1.165) is 103 Å². The lowest BCUT2D eigenvalue weighted by atomic mass is 9.81. The summed E-state index contributed by atoms with van der Waals surface area (Å²) in [5, 5.41) is 25.6. The number of ether oxygens (including phenoxy) is 1. The van der Waals surface area contributed by atoms with Crippen LogP contribution in [0.4, 0.5) is 17.2 Å². The van der Waals surface area contributed by atoms with Crippen molar-refractivity contribution in [3.05, 3.63) is 76.1 Å². The molecular formula is C49H56N10O7S. The topological polar surface area (TPSA) is 204 Å². The molecule has 0 radical (unpaired) electrons. The second-order valence-corrected chi connectivity index (χ2v) is 21.0. The van der Waals surface area contributed by atoms with E-state index in [-0.39, 0.29) is 30.4 Å². The molecule has 3 atom stereocenters. The number of amides is 5. The molecule has 6 aliphatic rings. The molecule has 5 fully saturated rings. The smallest absolute Gasteiger partial charge is 0.264 e. The average molecular weight is 929 g/mol. The number of morpholine rings is 1. The fourth-order valence-electron chi connectivity index (χ4n) is 11.3. The van der Waals surface area contributed by atoms with Crippen molar-refractivity contribution in [3.8, 4) is 0 Å². The largest absolute Gasteiger partial charge is 0.386 e. The van der Waals surface area contributed by atoms with Crippen LogP contribution < -0.4 is 20.9 Å². The first-order valence-corrected chi connectivity index (χ1v) is 24.7. The molecule has 4 N–H and O–H groups in total. The summed E-state index contributed by atoms with van der Waals surface area (Å²) in [4.78, 5) is 80.8. The molecule has 67 heavy (non-hydrogen) atoms. The number of likely N-dealkylation sites (tertiary alicyclic amines) is 1. The Labute approximate surface area is 391 Å². The highest BCUT2D eigenvalue weighted by atomic mass is 32.1. The molecule has 4 saturated heterocycles. The molecule has 1 unspecified atom stereocenters. The molecule has 0 spiro atoms. The molecule has 5 aliphatic heterocycles. The molecule has 2 aromatic carbocycles. The number of carbonyl (C=O) groups is 5. The first kappa shape index (κ1) is 43.7. The Balaban J connectivity index is 0.669. The normalized spacial score (nSPS) is 24.9. The lowest BCUT2D eigenvalue weighted by Gasteiger charge is -2.36. The molecule has 18 heteroatoms. The minimum absolute atomic E-state index is 0.0866. The highest BCUT2D eigenvalue weighted by molar-refractivity contribution is 7.18. The number of piperidine rings is 2. The predicted octanol–water partition coefficient (Wildman–Crippen LogP) is 5.69. The molecule has 5 amide bonds. The molecule has 1 aliphatic carbocycles. The Morgan fingerprint density at radius 1 is 0.970 bits per heavy atom. The van der Waals surface area contributed by atoms with Crippen molar-refractivity contribution >= 4 is 73.9 Å². The van der Waals surface area contributed by atoms with Gasteiger partial charge in [-0.05, 0) is 127 Å². The van der Waals surface area contributed by atoms with Crippen molar-refractivity contribution in [1.82, 2.24) is 34.7 Å². The summed E-state index contributed by atoms with van der Waals surface area (Å²) in [7, 11) is 0. The van der Waals surface area contributed by atoms with E-state index < -0.39 is 35.3 Å². The van der Waals surface area contributed by atoms with Crippen LogP contribution in [0.25, 0.3) is 15.9 Å². The number of aromatic nitrogens is 4. The Bertz CT molecular complexity index is 2800. The number of hydrogen-bond donors (Lipinski definition) is 4. The molecule has 11 rings (SSSR count). The molecule has 350 valence electrons. The van der Waals surface area contributed by atoms with Crippen molar-refractivity contribution in [2.24, 2.45) is 11.8 Å². The zero-order valence-corrected chi connectivity index (χ0v) is 38.6. The van der Waals surface area contributed by atoms with Gasteiger partial charge in [-0.2, -0.15) is 5.10 Å². The van der Waals surface area contributed by atoms with Crippen LogP contribution in [0, 0.1) is 11.8 Å². The number of fused-ring (bicyclic) bond motifs is 5. The van der Waals surface area contributed by atoms with Crippen molar-refractivity contribution in [3.63, 3.8) is 0 Å². The van der Waals surface area contributed by atoms with E-state index in [1.54, 1.807) is 48.0 Å². The minimum atomic E-state index is -1.23. The summed E-state index contributed by atoms with van der Waals surface area (Å²) in [6.07, 6.45) is 12.4. The molecule has 2 bridgehead atoms. The van der Waals surface area contributed by atoms with E-state index in [1.165, 1.54) is 0 Å². The van der Waals surface area contributed by atoms with E-state index in [4.69, 9.17) is 14.7 Å². The zero-order chi connectivity index (χ0) is 46.1. The van der Waals surface area contributed by atoms with E-state index >= 15 is 0 Å². The molecular weight excluding hydrogens is 873 g/mol. The molecule has 5 aromatic rings. The lowest BCUT2D eigenvalue weighted by Crippen LogP contribution is -2.54. The van der Waals surface area contributed by atoms with Gasteiger partial charge in [0.25, 0.3) is 17.7 Å². The third kappa shape index (κ3) is 8.35. The summed E-state index contributed by atoms with van der Waals surface area (Å²) in [6.45, 7) is 8.81. The van der Waals surface area contributed by atoms with Crippen molar-refractivity contribution in [1.29, 1.82) is 0 Å². The SMILES string of the molecule is CC(C)(O)c1cc2nc(C3CCC(CN4CCC(CCNc5cccc6c5C(=O)N(C5CCC(=O)NC5=O)C6=O)CC4)CC3)sc2cc1NC(=O)c1cnn2ccc(N3C[C@H]4C[C@@H]3CO4)nc12. The van der Waals surface area contributed by atoms with E-state index in [9.17, 15) is 29.1 Å². The van der Waals surface area contributed by atoms with Gasteiger partial charge in [0, 0.05) is 55.1 Å². The maximum atomic E-state index is 13.9. The second-order valence-electron chi connectivity index (χ2n) is 19.9. The number of rotatable bonds is 12. The number of carbonyl (C=O) groups excluding carboxylic acids is 5. The van der Waals surface area contributed by atoms with Gasteiger partial charge in [0.15, 0.2) is 5.65 Å². The van der Waals surface area contributed by atoms with Crippen LogP contribution in [0.3, 0.4) is 0 Å². The average Bonchev–Trinajstić information content (AvgIpc) is 4.16. The number of benzene rings is 2. The van der Waals surface area contributed by atoms with Crippen molar-refractivity contribution in [2.45, 2.75) is 108 Å². The minimum Gasteiger partial charge on any atom is -0.386 e. The first-order chi connectivity index (χ1) is 32.3. The standard InChI is InChI=1S/C49H56N10O7S/c1-49(2,65)34-21-37-39(22-36(34)52-44(61)33-23-51-58-19-15-40(54-43(33)58)57-25-31-20-30(57)26-66-31)67-46(53-37)29-8-6-28(7-9-29)24-56-17-13-27(14-18-56)12-16-50-35-5-3-4-32-42(35)48(64)59(47(32)63)38-10-11-41(60)55-45(38)62/h3-5,15,19,21-23,27-31,38,50,65H,6-14,16-18,20,24-26H2,1-2H3,(H,52,61)(H,55,60,62)/t28?,29?,30-,31-,38?/m1/s1. The van der Waals surface area contributed by atoms with Gasteiger partial charge in [-0.1, -0.05) is 6.07 Å². The van der Waals surface area contributed by atoms with Crippen LogP contribution in [-0.4, -0.2) is 122 Å². The van der Waals surface area contributed by atoms with Gasteiger partial charge < -0.3 is 30.3 Å². The monoisotopic (exact) mass is 928 g/mol. The maximum Gasteiger partial charge on any atom is 0.264 e. The number of imide groups is 2. The van der Waals surface area contributed by atoms with Gasteiger partial charge >= 0.3 is 0 Å². The summed E-state index contributed by atoms with van der Waals surface area (Å²) in [5.74, 6) is 0.0337. The van der Waals surface area contributed by atoms with Crippen LogP contribution in [0.15, 0.2) is 48.8 Å². The fraction of sp³-hybridized carbons (Fsp3) is 0.510. The summed E-state index contributed by atoms with van der Waals surface area (Å²) >= 11 is 1.68. The maximum absolute atomic E-state index is 13.9. The van der Waals surface area contributed by atoms with Gasteiger partial charge in [-0.15, -0.1) is 11.3 Å². The molecule has 17 nitrogen and oxygen atoms in total. The summed E-state index contributed by atoms with van der Waals surface area (Å²) in [6, 6.07) is 10.3. The predicted molar refractivity (Wildman–Crippen MR) is 251 cm³/mol. The number of nitrogens with one attached hydrogen (secondary N) is 3. The molecule has 1 saturated carbocycles. The fourth-order valence-corrected chi connectivity index (χ4v) is 12.5. The highest BCUT2D eigenvalue weighted by Gasteiger charge is 2.46. The number of thiazole rings is 1. The van der Waals surface area contributed by atoms with Crippen LogP contribution in [0.2, 0.25) is 0 Å². The van der Waals surface area contributed by atoms with Gasteiger partial charge in [-0.3, -0.25) is 34.2 Å². The Hall–Kier alpha value is -5.82. The van der Waals surface area contributed by atoms with E-state index in [2.05, 4.69) is 30.8 Å². The van der Waals surface area contributed by atoms with Gasteiger partial charge in [0.05, 0.1) is 56.9 Å². The highest BCUT2D eigenvalue weighted by Crippen LogP contribution is 2.42.